The van der Waals surface area contributed by atoms with Crippen LogP contribution in [0.25, 0.3) is 0 Å². The van der Waals surface area contributed by atoms with Gasteiger partial charge in [0.25, 0.3) is 0 Å². The predicted molar refractivity (Wildman–Crippen MR) is 220 cm³/mol. The first-order valence-corrected chi connectivity index (χ1v) is 20.5. The normalized spacial score (nSPS) is 40.2. The van der Waals surface area contributed by atoms with Crippen LogP contribution in [0.3, 0.4) is 0 Å². The van der Waals surface area contributed by atoms with Gasteiger partial charge >= 0.3 is 0 Å². The van der Waals surface area contributed by atoms with Gasteiger partial charge in [-0.3, -0.25) is 0 Å². The highest BCUT2D eigenvalue weighted by molar-refractivity contribution is 5.21. The zero-order valence-corrected chi connectivity index (χ0v) is 40.3. The Morgan fingerprint density at radius 2 is 0.569 bits per heavy atom. The van der Waals surface area contributed by atoms with Gasteiger partial charge in [-0.15, -0.1) is 0 Å². The highest BCUT2D eigenvalue weighted by Gasteiger charge is 2.75. The maximum Gasteiger partial charge on any atom is 0.172 e. The van der Waals surface area contributed by atoms with Gasteiger partial charge in [-0.25, -0.2) is 0 Å². The van der Waals surface area contributed by atoms with E-state index in [1.54, 1.807) is 0 Å². The number of hydrogen-bond donors (Lipinski definition) is 0. The molecule has 3 aliphatic rings. The molecule has 304 valence electrons. The summed E-state index contributed by atoms with van der Waals surface area (Å²) in [5.74, 6) is 0.0541. The second-order valence-corrected chi connectivity index (χ2v) is 24.4. The van der Waals surface area contributed by atoms with Gasteiger partial charge < -0.3 is 18.9 Å². The summed E-state index contributed by atoms with van der Waals surface area (Å²) < 4.78 is 28.3. The van der Waals surface area contributed by atoms with E-state index in [9.17, 15) is 0 Å². The predicted octanol–water partition coefficient (Wildman–Crippen LogP) is 13.9. The fraction of sp³-hybridized carbons (Fsp3) is 1.00. The van der Waals surface area contributed by atoms with Gasteiger partial charge in [0.2, 0.25) is 0 Å². The average Bonchev–Trinajstić information content (AvgIpc) is 2.89. The van der Waals surface area contributed by atoms with Crippen LogP contribution in [-0.2, 0) is 18.9 Å². The topological polar surface area (TPSA) is 36.9 Å². The van der Waals surface area contributed by atoms with Crippen molar-refractivity contribution in [2.75, 3.05) is 0 Å². The van der Waals surface area contributed by atoms with Gasteiger partial charge in [0.1, 0.15) is 5.60 Å². The molecule has 0 spiro atoms. The van der Waals surface area contributed by atoms with Crippen molar-refractivity contribution in [3.05, 3.63) is 0 Å². The molecule has 3 heterocycles. The summed E-state index contributed by atoms with van der Waals surface area (Å²) in [4.78, 5) is 0. The molecule has 4 nitrogen and oxygen atoms in total. The molecule has 51 heavy (non-hydrogen) atoms. The second-order valence-electron chi connectivity index (χ2n) is 24.4. The van der Waals surface area contributed by atoms with Crippen molar-refractivity contribution in [3.8, 4) is 0 Å². The summed E-state index contributed by atoms with van der Waals surface area (Å²) in [5, 5.41) is 0. The van der Waals surface area contributed by atoms with Crippen molar-refractivity contribution < 1.29 is 18.9 Å². The highest BCUT2D eigenvalue weighted by atomic mass is 16.7. The fourth-order valence-corrected chi connectivity index (χ4v) is 11.0. The minimum Gasteiger partial charge on any atom is -0.368 e. The zero-order valence-electron chi connectivity index (χ0n) is 40.3. The first-order valence-electron chi connectivity index (χ1n) is 20.5. The standard InChI is InChI=1S/C30H58O3.C17H34O/c1-20(2)28(17)23(7,8)24(9,10)29(18,27(15,16)31-28)33-30(19)25(11,12)21(3,4)22(5,6)26(13,14)32-30;1-12(2)17(11)15(7,8)13(3,4)14(5,6)16(9,10)18-17/h20H,1-19H3;12H,1-11H3. The van der Waals surface area contributed by atoms with E-state index < -0.39 is 17.0 Å². The largest absolute Gasteiger partial charge is 0.368 e. The SMILES string of the molecule is CC(C)C1(C)OC(C)(C)C(C)(C)C(C)(C)C1(C)C.CC(C)C1(C)OC(C)(C)C(C)(OC2(C)OC(C)(C)C(C)(C)C(C)(C)C2(C)C)C(C)(C)C1(C)C. The van der Waals surface area contributed by atoms with Crippen molar-refractivity contribution in [1.29, 1.82) is 0 Å². The van der Waals surface area contributed by atoms with Crippen LogP contribution in [0.2, 0.25) is 0 Å². The molecule has 3 aliphatic heterocycles. The lowest BCUT2D eigenvalue weighted by Crippen LogP contribution is -2.80. The van der Waals surface area contributed by atoms with Crippen LogP contribution in [-0.4, -0.2) is 39.4 Å². The molecule has 0 saturated carbocycles. The Morgan fingerprint density at radius 1 is 0.294 bits per heavy atom. The Labute approximate surface area is 320 Å². The minimum atomic E-state index is -0.816. The van der Waals surface area contributed by atoms with E-state index in [1.165, 1.54) is 0 Å². The fourth-order valence-electron chi connectivity index (χ4n) is 11.0. The molecule has 0 N–H and O–H groups in total. The van der Waals surface area contributed by atoms with Crippen LogP contribution in [0.5, 0.6) is 0 Å². The van der Waals surface area contributed by atoms with E-state index in [0.717, 1.165) is 0 Å². The molecular formula is C47H92O4. The first kappa shape index (κ1) is 47.0. The minimum absolute atomic E-state index is 0.0569. The summed E-state index contributed by atoms with van der Waals surface area (Å²) >= 11 is 0. The average molecular weight is 721 g/mol. The monoisotopic (exact) mass is 721 g/mol. The lowest BCUT2D eigenvalue weighted by molar-refractivity contribution is -0.474. The highest BCUT2D eigenvalue weighted by Crippen LogP contribution is 2.71. The molecule has 0 aromatic carbocycles. The van der Waals surface area contributed by atoms with Gasteiger partial charge in [-0.1, -0.05) is 138 Å². The van der Waals surface area contributed by atoms with Crippen LogP contribution in [0.1, 0.15) is 208 Å². The van der Waals surface area contributed by atoms with Gasteiger partial charge in [-0.05, 0) is 108 Å². The van der Waals surface area contributed by atoms with Crippen molar-refractivity contribution in [2.45, 2.75) is 247 Å². The summed E-state index contributed by atoms with van der Waals surface area (Å²) in [6.07, 6.45) is 0. The van der Waals surface area contributed by atoms with Gasteiger partial charge in [0.15, 0.2) is 5.79 Å². The smallest absolute Gasteiger partial charge is 0.172 e. The number of hydrogen-bond acceptors (Lipinski definition) is 4. The maximum absolute atomic E-state index is 7.48. The van der Waals surface area contributed by atoms with Crippen molar-refractivity contribution in [2.24, 2.45) is 55.2 Å². The molecule has 0 radical (unpaired) electrons. The lowest BCUT2D eigenvalue weighted by Gasteiger charge is -2.74. The van der Waals surface area contributed by atoms with Crippen LogP contribution in [0.15, 0.2) is 0 Å². The second kappa shape index (κ2) is 11.9. The summed E-state index contributed by atoms with van der Waals surface area (Å²) in [5.41, 5.74) is -2.36. The van der Waals surface area contributed by atoms with Crippen LogP contribution >= 0.6 is 0 Å². The molecule has 3 rings (SSSR count). The maximum atomic E-state index is 7.48. The molecule has 0 aromatic heterocycles. The van der Waals surface area contributed by atoms with E-state index in [1.807, 2.05) is 0 Å². The zero-order chi connectivity index (χ0) is 41.5. The summed E-state index contributed by atoms with van der Waals surface area (Å²) in [7, 11) is 0. The molecule has 3 saturated heterocycles. The third-order valence-electron chi connectivity index (χ3n) is 20.8. The van der Waals surface area contributed by atoms with Gasteiger partial charge in [0.05, 0.1) is 28.0 Å². The van der Waals surface area contributed by atoms with Crippen LogP contribution in [0.4, 0.5) is 0 Å². The van der Waals surface area contributed by atoms with Crippen molar-refractivity contribution in [1.82, 2.24) is 0 Å². The van der Waals surface area contributed by atoms with E-state index >= 15 is 0 Å². The molecule has 4 atom stereocenters. The Balaban J connectivity index is 0.000000422. The number of rotatable bonds is 4. The molecular weight excluding hydrogens is 629 g/mol. The molecule has 0 bridgehead atoms. The Morgan fingerprint density at radius 3 is 0.902 bits per heavy atom. The Bertz CT molecular complexity index is 1290. The van der Waals surface area contributed by atoms with E-state index in [2.05, 4.69) is 208 Å². The molecule has 4 heteroatoms. The quantitative estimate of drug-likeness (QED) is 0.290. The summed E-state index contributed by atoms with van der Waals surface area (Å²) in [6, 6.07) is 0. The van der Waals surface area contributed by atoms with E-state index in [0.29, 0.717) is 11.8 Å². The van der Waals surface area contributed by atoms with Crippen LogP contribution in [0, 0.1) is 55.2 Å². The molecule has 0 aliphatic carbocycles. The van der Waals surface area contributed by atoms with E-state index in [-0.39, 0.29) is 65.7 Å². The van der Waals surface area contributed by atoms with Gasteiger partial charge in [-0.2, -0.15) is 0 Å². The van der Waals surface area contributed by atoms with Crippen molar-refractivity contribution >= 4 is 0 Å². The Kier molecular flexibility index (Phi) is 11.0. The molecule has 0 aromatic rings. The Hall–Kier alpha value is -0.160. The molecule has 0 amide bonds. The van der Waals surface area contributed by atoms with E-state index in [4.69, 9.17) is 18.9 Å². The molecule has 4 unspecified atom stereocenters. The van der Waals surface area contributed by atoms with Crippen molar-refractivity contribution in [3.63, 3.8) is 0 Å². The molecule has 3 fully saturated rings. The first-order chi connectivity index (χ1) is 21.7. The summed E-state index contributed by atoms with van der Waals surface area (Å²) in [6.45, 7) is 69.4. The number of ether oxygens (including phenoxy) is 4. The third kappa shape index (κ3) is 5.51. The van der Waals surface area contributed by atoms with Crippen LogP contribution < -0.4 is 0 Å². The lowest BCUT2D eigenvalue weighted by atomic mass is 9.43. The van der Waals surface area contributed by atoms with Gasteiger partial charge in [0, 0.05) is 16.2 Å². The third-order valence-corrected chi connectivity index (χ3v) is 20.8.